The predicted octanol–water partition coefficient (Wildman–Crippen LogP) is 2.79. The van der Waals surface area contributed by atoms with Crippen LogP contribution < -0.4 is 0 Å². The molecule has 0 aliphatic carbocycles. The molecule has 74 valence electrons. The summed E-state index contributed by atoms with van der Waals surface area (Å²) in [7, 11) is -2.73. The van der Waals surface area contributed by atoms with Crippen LogP contribution in [0.25, 0.3) is 0 Å². The van der Waals surface area contributed by atoms with Gasteiger partial charge in [-0.1, -0.05) is 38.9 Å². The van der Waals surface area contributed by atoms with Crippen LogP contribution in [0.4, 0.5) is 0 Å². The highest BCUT2D eigenvalue weighted by Crippen LogP contribution is 2.32. The van der Waals surface area contributed by atoms with E-state index in [1.807, 2.05) is 0 Å². The van der Waals surface area contributed by atoms with Crippen molar-refractivity contribution in [1.82, 2.24) is 0 Å². The average molecular weight is 208 g/mol. The van der Waals surface area contributed by atoms with Gasteiger partial charge in [0.1, 0.15) is 0 Å². The molecular formula is C8H21O2PSi. The monoisotopic (exact) mass is 208 g/mol. The first-order valence-corrected chi connectivity index (χ1v) is 9.01. The van der Waals surface area contributed by atoms with E-state index in [1.54, 1.807) is 0 Å². The molecule has 0 saturated carbocycles. The first-order valence-electron chi connectivity index (χ1n) is 4.75. The third kappa shape index (κ3) is 3.99. The minimum absolute atomic E-state index is 0.636. The van der Waals surface area contributed by atoms with Crippen LogP contribution in [0.2, 0.25) is 24.2 Å². The van der Waals surface area contributed by atoms with E-state index in [9.17, 15) is 0 Å². The van der Waals surface area contributed by atoms with Crippen molar-refractivity contribution in [1.29, 1.82) is 0 Å². The van der Waals surface area contributed by atoms with Crippen LogP contribution in [-0.4, -0.2) is 24.0 Å². The Morgan fingerprint density at radius 2 is 1.42 bits per heavy atom. The van der Waals surface area contributed by atoms with Gasteiger partial charge in [0.15, 0.2) is 8.38 Å². The number of hydrogen-bond acceptors (Lipinski definition) is 2. The lowest BCUT2D eigenvalue weighted by Gasteiger charge is -2.27. The van der Waals surface area contributed by atoms with Gasteiger partial charge in [-0.15, -0.1) is 0 Å². The quantitative estimate of drug-likeness (QED) is 0.520. The third-order valence-electron chi connectivity index (χ3n) is 3.09. The molecule has 0 spiro atoms. The van der Waals surface area contributed by atoms with Crippen LogP contribution in [0.3, 0.4) is 0 Å². The highest BCUT2D eigenvalue weighted by molar-refractivity contribution is 7.45. The molecule has 2 N–H and O–H groups in total. The summed E-state index contributed by atoms with van der Waals surface area (Å²) < 4.78 is 0. The minimum atomic E-state index is -1.65. The van der Waals surface area contributed by atoms with Gasteiger partial charge in [0.05, 0.1) is 8.07 Å². The van der Waals surface area contributed by atoms with Crippen LogP contribution in [0.15, 0.2) is 0 Å². The summed E-state index contributed by atoms with van der Waals surface area (Å²) in [6.07, 6.45) is 0.636. The lowest BCUT2D eigenvalue weighted by atomic mass is 10.9. The Bertz CT molecular complexity index is 107. The van der Waals surface area contributed by atoms with Gasteiger partial charge in [-0.3, -0.25) is 0 Å². The van der Waals surface area contributed by atoms with E-state index in [-0.39, 0.29) is 0 Å². The molecule has 4 heteroatoms. The summed E-state index contributed by atoms with van der Waals surface area (Å²) in [5.74, 6) is 0. The molecule has 0 fully saturated rings. The van der Waals surface area contributed by atoms with Gasteiger partial charge in [-0.25, -0.2) is 0 Å². The maximum absolute atomic E-state index is 8.84. The van der Waals surface area contributed by atoms with Crippen molar-refractivity contribution in [3.8, 4) is 0 Å². The largest absolute Gasteiger partial charge is 0.350 e. The average Bonchev–Trinajstić information content (AvgIpc) is 2.08. The van der Waals surface area contributed by atoms with Gasteiger partial charge in [-0.2, -0.15) is 0 Å². The first-order chi connectivity index (χ1) is 5.60. The summed E-state index contributed by atoms with van der Waals surface area (Å²) in [6.45, 7) is 6.74. The van der Waals surface area contributed by atoms with Crippen molar-refractivity contribution in [3.63, 3.8) is 0 Å². The number of hydrogen-bond donors (Lipinski definition) is 2. The smallest absolute Gasteiger partial charge is 0.164 e. The molecule has 0 aromatic rings. The molecule has 0 aromatic carbocycles. The molecule has 0 amide bonds. The molecule has 0 aromatic heterocycles. The second kappa shape index (κ2) is 6.09. The summed E-state index contributed by atoms with van der Waals surface area (Å²) in [5, 5.41) is 0. The van der Waals surface area contributed by atoms with Crippen molar-refractivity contribution in [2.45, 2.75) is 44.9 Å². The topological polar surface area (TPSA) is 40.5 Å². The third-order valence-corrected chi connectivity index (χ3v) is 9.95. The molecule has 12 heavy (non-hydrogen) atoms. The fourth-order valence-corrected chi connectivity index (χ4v) is 6.88. The fraction of sp³-hybridized carbons (Fsp3) is 1.00. The predicted molar refractivity (Wildman–Crippen MR) is 58.2 cm³/mol. The molecule has 0 aliphatic rings. The van der Waals surface area contributed by atoms with Crippen LogP contribution in [0.5, 0.6) is 0 Å². The van der Waals surface area contributed by atoms with Crippen molar-refractivity contribution in [2.24, 2.45) is 0 Å². The Morgan fingerprint density at radius 1 is 1.00 bits per heavy atom. The molecular weight excluding hydrogens is 187 g/mol. The van der Waals surface area contributed by atoms with Crippen LogP contribution in [0, 0.1) is 0 Å². The highest BCUT2D eigenvalue weighted by Gasteiger charge is 2.26. The van der Waals surface area contributed by atoms with Gasteiger partial charge >= 0.3 is 0 Å². The Morgan fingerprint density at radius 3 is 1.67 bits per heavy atom. The van der Waals surface area contributed by atoms with Gasteiger partial charge in [0.2, 0.25) is 0 Å². The molecule has 0 atom stereocenters. The van der Waals surface area contributed by atoms with E-state index in [0.29, 0.717) is 6.16 Å². The van der Waals surface area contributed by atoms with Gasteiger partial charge in [0, 0.05) is 6.16 Å². The lowest BCUT2D eigenvalue weighted by Crippen LogP contribution is -2.31. The van der Waals surface area contributed by atoms with E-state index in [2.05, 4.69) is 20.8 Å². The first kappa shape index (κ1) is 12.6. The van der Waals surface area contributed by atoms with Crippen molar-refractivity contribution < 1.29 is 9.79 Å². The summed E-state index contributed by atoms with van der Waals surface area (Å²) >= 11 is 0. The molecule has 0 rings (SSSR count). The van der Waals surface area contributed by atoms with E-state index in [1.165, 1.54) is 18.1 Å². The number of rotatable bonds is 6. The Balaban J connectivity index is 3.93. The lowest BCUT2D eigenvalue weighted by molar-refractivity contribution is 0.484. The van der Waals surface area contributed by atoms with Gasteiger partial charge in [0.25, 0.3) is 0 Å². The van der Waals surface area contributed by atoms with Gasteiger partial charge in [-0.05, 0) is 6.04 Å². The van der Waals surface area contributed by atoms with E-state index in [0.717, 1.165) is 6.04 Å². The van der Waals surface area contributed by atoms with E-state index >= 15 is 0 Å². The summed E-state index contributed by atoms with van der Waals surface area (Å²) in [4.78, 5) is 17.7. The van der Waals surface area contributed by atoms with E-state index < -0.39 is 16.4 Å². The maximum Gasteiger partial charge on any atom is 0.164 e. The summed E-state index contributed by atoms with van der Waals surface area (Å²) in [6, 6.07) is 4.94. The van der Waals surface area contributed by atoms with Crippen LogP contribution in [-0.2, 0) is 0 Å². The normalized spacial score (nSPS) is 12.5. The molecule has 0 aliphatic heterocycles. The molecule has 0 bridgehead atoms. The van der Waals surface area contributed by atoms with Crippen molar-refractivity contribution in [3.05, 3.63) is 0 Å². The van der Waals surface area contributed by atoms with Gasteiger partial charge < -0.3 is 9.79 Å². The molecule has 0 saturated heterocycles. The zero-order valence-electron chi connectivity index (χ0n) is 8.38. The highest BCUT2D eigenvalue weighted by atomic mass is 31.2. The molecule has 2 nitrogen and oxygen atoms in total. The SMILES string of the molecule is CC[Si](CC)(CC)CCP(O)O. The van der Waals surface area contributed by atoms with E-state index in [4.69, 9.17) is 9.79 Å². The standard InChI is InChI=1S/C8H21O2PSi/c1-4-12(5-2,6-3)8-7-11(9)10/h9-10H,4-8H2,1-3H3. The second-order valence-corrected chi connectivity index (χ2v) is 10.2. The van der Waals surface area contributed by atoms with Crippen LogP contribution in [0.1, 0.15) is 20.8 Å². The minimum Gasteiger partial charge on any atom is -0.350 e. The zero-order chi connectivity index (χ0) is 9.61. The van der Waals surface area contributed by atoms with Crippen molar-refractivity contribution in [2.75, 3.05) is 6.16 Å². The molecule has 0 heterocycles. The Kier molecular flexibility index (Phi) is 6.37. The molecule has 0 unspecified atom stereocenters. The zero-order valence-corrected chi connectivity index (χ0v) is 10.3. The fourth-order valence-electron chi connectivity index (χ4n) is 1.62. The maximum atomic E-state index is 8.84. The Hall–Kier alpha value is 0.567. The van der Waals surface area contributed by atoms with Crippen molar-refractivity contribution >= 4 is 16.4 Å². The van der Waals surface area contributed by atoms with Crippen LogP contribution >= 0.6 is 8.38 Å². The second-order valence-electron chi connectivity index (χ2n) is 3.41. The Labute approximate surface area is 77.9 Å². The summed E-state index contributed by atoms with van der Waals surface area (Å²) in [5.41, 5.74) is 0. The molecule has 0 radical (unpaired) electrons.